The molecule has 0 heterocycles. The minimum atomic E-state index is -1.28. The standard InChI is InChI=1S/C18H28N2O6Si/c1-27(2,3)12-11-25-17(23)19-10-9-15(16(21)22)20-18(24)26-13-14-7-5-4-6-8-14/h4-8,15H,9-13H2,1-3H3,(H,19,23)(H,20,24)(H,21,22). The lowest BCUT2D eigenvalue weighted by atomic mass is 10.2. The molecule has 0 aliphatic carbocycles. The lowest BCUT2D eigenvalue weighted by Gasteiger charge is -2.16. The number of aliphatic carboxylic acids is 1. The minimum absolute atomic E-state index is 0.0128. The van der Waals surface area contributed by atoms with Gasteiger partial charge in [0.2, 0.25) is 0 Å². The quantitative estimate of drug-likeness (QED) is 0.524. The first-order chi connectivity index (χ1) is 12.7. The van der Waals surface area contributed by atoms with Crippen LogP contribution in [0, 0.1) is 0 Å². The van der Waals surface area contributed by atoms with E-state index >= 15 is 0 Å². The number of carbonyl (C=O) groups is 3. The fraction of sp³-hybridized carbons (Fsp3) is 0.500. The summed E-state index contributed by atoms with van der Waals surface area (Å²) < 4.78 is 10.1. The third kappa shape index (κ3) is 10.9. The Morgan fingerprint density at radius 3 is 2.33 bits per heavy atom. The van der Waals surface area contributed by atoms with Crippen LogP contribution in [0.2, 0.25) is 25.7 Å². The number of hydrogen-bond acceptors (Lipinski definition) is 5. The summed E-state index contributed by atoms with van der Waals surface area (Å²) in [5.41, 5.74) is 0.794. The van der Waals surface area contributed by atoms with Crippen molar-refractivity contribution in [1.82, 2.24) is 10.6 Å². The van der Waals surface area contributed by atoms with E-state index in [1.165, 1.54) is 0 Å². The van der Waals surface area contributed by atoms with Crippen molar-refractivity contribution in [3.63, 3.8) is 0 Å². The molecule has 0 aliphatic heterocycles. The topological polar surface area (TPSA) is 114 Å². The third-order valence-corrected chi connectivity index (χ3v) is 5.29. The first-order valence-corrected chi connectivity index (χ1v) is 12.5. The maximum atomic E-state index is 11.8. The maximum Gasteiger partial charge on any atom is 0.408 e. The average molecular weight is 397 g/mol. The number of ether oxygens (including phenoxy) is 2. The van der Waals surface area contributed by atoms with E-state index in [9.17, 15) is 19.5 Å². The van der Waals surface area contributed by atoms with E-state index in [4.69, 9.17) is 9.47 Å². The van der Waals surface area contributed by atoms with E-state index in [1.807, 2.05) is 18.2 Å². The van der Waals surface area contributed by atoms with Gasteiger partial charge >= 0.3 is 18.2 Å². The highest BCUT2D eigenvalue weighted by atomic mass is 28.3. The zero-order chi connectivity index (χ0) is 20.3. The molecule has 3 N–H and O–H groups in total. The van der Waals surface area contributed by atoms with Crippen molar-refractivity contribution in [1.29, 1.82) is 0 Å². The number of benzene rings is 1. The number of nitrogens with one attached hydrogen (secondary N) is 2. The van der Waals surface area contributed by atoms with Crippen molar-refractivity contribution in [2.24, 2.45) is 0 Å². The van der Waals surface area contributed by atoms with E-state index in [1.54, 1.807) is 12.1 Å². The number of amides is 2. The first kappa shape index (κ1) is 22.5. The summed E-state index contributed by atoms with van der Waals surface area (Å²) in [6.07, 6.45) is -1.41. The third-order valence-electron chi connectivity index (χ3n) is 3.59. The van der Waals surface area contributed by atoms with Gasteiger partial charge in [-0.15, -0.1) is 0 Å². The lowest BCUT2D eigenvalue weighted by molar-refractivity contribution is -0.139. The Morgan fingerprint density at radius 1 is 1.07 bits per heavy atom. The van der Waals surface area contributed by atoms with E-state index in [0.717, 1.165) is 11.6 Å². The molecule has 1 aromatic carbocycles. The highest BCUT2D eigenvalue weighted by Gasteiger charge is 2.21. The Morgan fingerprint density at radius 2 is 1.74 bits per heavy atom. The molecule has 0 spiro atoms. The highest BCUT2D eigenvalue weighted by Crippen LogP contribution is 2.07. The van der Waals surface area contributed by atoms with Gasteiger partial charge in [-0.05, 0) is 18.0 Å². The molecule has 8 nitrogen and oxygen atoms in total. The molecule has 0 aliphatic rings. The summed E-state index contributed by atoms with van der Waals surface area (Å²) in [5.74, 6) is -1.21. The van der Waals surface area contributed by atoms with Gasteiger partial charge in [-0.1, -0.05) is 50.0 Å². The predicted molar refractivity (Wildman–Crippen MR) is 103 cm³/mol. The van der Waals surface area contributed by atoms with Crippen LogP contribution < -0.4 is 10.6 Å². The van der Waals surface area contributed by atoms with Gasteiger partial charge in [0.1, 0.15) is 12.6 Å². The second-order valence-corrected chi connectivity index (χ2v) is 12.9. The highest BCUT2D eigenvalue weighted by molar-refractivity contribution is 6.76. The molecule has 0 saturated heterocycles. The van der Waals surface area contributed by atoms with Gasteiger partial charge in [0.25, 0.3) is 0 Å². The van der Waals surface area contributed by atoms with E-state index in [2.05, 4.69) is 30.3 Å². The van der Waals surface area contributed by atoms with Crippen LogP contribution >= 0.6 is 0 Å². The summed E-state index contributed by atoms with van der Waals surface area (Å²) in [4.78, 5) is 34.6. The van der Waals surface area contributed by atoms with Crippen molar-refractivity contribution >= 4 is 26.2 Å². The second-order valence-electron chi connectivity index (χ2n) is 7.26. The Bertz CT molecular complexity index is 618. The van der Waals surface area contributed by atoms with Crippen molar-refractivity contribution in [3.8, 4) is 0 Å². The number of rotatable bonds is 10. The van der Waals surface area contributed by atoms with Crippen LogP contribution in [-0.2, 0) is 20.9 Å². The van der Waals surface area contributed by atoms with Crippen molar-refractivity contribution in [3.05, 3.63) is 35.9 Å². The normalized spacial score (nSPS) is 12.0. The Balaban J connectivity index is 2.29. The van der Waals surface area contributed by atoms with Gasteiger partial charge in [-0.25, -0.2) is 14.4 Å². The van der Waals surface area contributed by atoms with Gasteiger partial charge < -0.3 is 25.2 Å². The fourth-order valence-electron chi connectivity index (χ4n) is 1.98. The van der Waals surface area contributed by atoms with E-state index in [0.29, 0.717) is 6.61 Å². The van der Waals surface area contributed by atoms with Crippen LogP contribution in [0.4, 0.5) is 9.59 Å². The van der Waals surface area contributed by atoms with E-state index < -0.39 is 32.3 Å². The zero-order valence-corrected chi connectivity index (χ0v) is 17.0. The number of hydrogen-bond donors (Lipinski definition) is 3. The molecule has 1 atom stereocenters. The van der Waals surface area contributed by atoms with Crippen molar-refractivity contribution < 1.29 is 29.0 Å². The van der Waals surface area contributed by atoms with Crippen LogP contribution in [0.25, 0.3) is 0 Å². The molecular formula is C18H28N2O6Si. The fourth-order valence-corrected chi connectivity index (χ4v) is 2.70. The molecule has 9 heteroatoms. The zero-order valence-electron chi connectivity index (χ0n) is 16.0. The molecule has 2 amide bonds. The van der Waals surface area contributed by atoms with Gasteiger partial charge in [0, 0.05) is 14.6 Å². The molecule has 0 saturated carbocycles. The first-order valence-electron chi connectivity index (χ1n) is 8.78. The molecule has 27 heavy (non-hydrogen) atoms. The van der Waals surface area contributed by atoms with Gasteiger partial charge in [-0.2, -0.15) is 0 Å². The van der Waals surface area contributed by atoms with Crippen molar-refractivity contribution in [2.75, 3.05) is 13.2 Å². The van der Waals surface area contributed by atoms with Crippen LogP contribution in [0.1, 0.15) is 12.0 Å². The molecule has 1 rings (SSSR count). The van der Waals surface area contributed by atoms with Gasteiger partial charge in [0.15, 0.2) is 0 Å². The van der Waals surface area contributed by atoms with Crippen molar-refractivity contribution in [2.45, 2.75) is 44.8 Å². The number of carboxylic acids is 1. The Hall–Kier alpha value is -2.55. The molecule has 150 valence electrons. The number of carbonyl (C=O) groups excluding carboxylic acids is 2. The maximum absolute atomic E-state index is 11.8. The summed E-state index contributed by atoms with van der Waals surface area (Å²) in [6, 6.07) is 8.73. The average Bonchev–Trinajstić information content (AvgIpc) is 2.58. The second kappa shape index (κ2) is 11.2. The molecular weight excluding hydrogens is 368 g/mol. The molecule has 0 fully saturated rings. The monoisotopic (exact) mass is 396 g/mol. The lowest BCUT2D eigenvalue weighted by Crippen LogP contribution is -2.43. The largest absolute Gasteiger partial charge is 0.480 e. The van der Waals surface area contributed by atoms with Gasteiger partial charge in [-0.3, -0.25) is 0 Å². The van der Waals surface area contributed by atoms with Crippen LogP contribution in [0.3, 0.4) is 0 Å². The Kier molecular flexibility index (Phi) is 9.35. The SMILES string of the molecule is C[Si](C)(C)CCOC(=O)NCCC(NC(=O)OCc1ccccc1)C(=O)O. The van der Waals surface area contributed by atoms with Crippen LogP contribution in [0.15, 0.2) is 30.3 Å². The molecule has 0 aromatic heterocycles. The number of carboxylic acid groups (broad SMARTS) is 1. The van der Waals surface area contributed by atoms with Gasteiger partial charge in [0.05, 0.1) is 6.61 Å². The molecule has 1 aromatic rings. The summed E-state index contributed by atoms with van der Waals surface area (Å²) in [6.45, 7) is 6.97. The molecule has 0 radical (unpaired) electrons. The number of alkyl carbamates (subject to hydrolysis) is 2. The molecule has 0 bridgehead atoms. The molecule has 1 unspecified atom stereocenters. The smallest absolute Gasteiger partial charge is 0.408 e. The summed E-state index contributed by atoms with van der Waals surface area (Å²) in [7, 11) is -1.28. The summed E-state index contributed by atoms with van der Waals surface area (Å²) >= 11 is 0. The minimum Gasteiger partial charge on any atom is -0.480 e. The summed E-state index contributed by atoms with van der Waals surface area (Å²) in [5, 5.41) is 14.0. The predicted octanol–water partition coefficient (Wildman–Crippen LogP) is 2.82. The van der Waals surface area contributed by atoms with E-state index in [-0.39, 0.29) is 19.6 Å². The van der Waals surface area contributed by atoms with Crippen LogP contribution in [-0.4, -0.2) is 50.5 Å². The Labute approximate surface area is 160 Å². The van der Waals surface area contributed by atoms with Crippen LogP contribution in [0.5, 0.6) is 0 Å².